The Morgan fingerprint density at radius 2 is 2.38 bits per heavy atom. The number of hydrogen-bond acceptors (Lipinski definition) is 4. The predicted molar refractivity (Wildman–Crippen MR) is 94.6 cm³/mol. The average molecular weight is 327 g/mol. The van der Waals surface area contributed by atoms with Crippen molar-refractivity contribution in [1.29, 1.82) is 0 Å². The summed E-state index contributed by atoms with van der Waals surface area (Å²) in [5.41, 5.74) is 0. The Morgan fingerprint density at radius 3 is 3.05 bits per heavy atom. The highest BCUT2D eigenvalue weighted by Gasteiger charge is 2.21. The molecule has 1 aromatic rings. The summed E-state index contributed by atoms with van der Waals surface area (Å²) in [6.45, 7) is 2.98. The maximum absolute atomic E-state index is 4.39. The fourth-order valence-electron chi connectivity index (χ4n) is 2.68. The molecule has 0 saturated heterocycles. The maximum atomic E-state index is 4.39. The lowest BCUT2D eigenvalue weighted by molar-refractivity contribution is 0.419. The fraction of sp³-hybridized carbons (Fsp3) is 0.733. The lowest BCUT2D eigenvalue weighted by Gasteiger charge is -2.29. The first-order chi connectivity index (χ1) is 10.2. The highest BCUT2D eigenvalue weighted by atomic mass is 32.2. The molecule has 1 saturated carbocycles. The lowest BCUT2D eigenvalue weighted by atomic mass is 9.95. The molecule has 1 aromatic heterocycles. The van der Waals surface area contributed by atoms with Crippen LogP contribution in [0.2, 0.25) is 0 Å². The van der Waals surface area contributed by atoms with Crippen LogP contribution in [-0.2, 0) is 6.42 Å². The van der Waals surface area contributed by atoms with Crippen LogP contribution in [0.5, 0.6) is 0 Å². The Morgan fingerprint density at radius 1 is 1.52 bits per heavy atom. The van der Waals surface area contributed by atoms with E-state index in [2.05, 4.69) is 33.8 Å². The van der Waals surface area contributed by atoms with E-state index in [4.69, 9.17) is 0 Å². The minimum Gasteiger partial charge on any atom is -0.356 e. The number of thiazole rings is 1. The zero-order chi connectivity index (χ0) is 15.1. The Bertz CT molecular complexity index is 458. The first kappa shape index (κ1) is 16.6. The van der Waals surface area contributed by atoms with Crippen LogP contribution in [0.25, 0.3) is 0 Å². The predicted octanol–water partition coefficient (Wildman–Crippen LogP) is 2.83. The van der Waals surface area contributed by atoms with Crippen LogP contribution >= 0.6 is 23.1 Å². The molecular formula is C15H26N4S2. The van der Waals surface area contributed by atoms with Crippen LogP contribution in [0, 0.1) is 6.92 Å². The quantitative estimate of drug-likeness (QED) is 0.645. The topological polar surface area (TPSA) is 49.3 Å². The van der Waals surface area contributed by atoms with E-state index in [0.717, 1.165) is 24.2 Å². The number of thioether (sulfide) groups is 1. The zero-order valence-electron chi connectivity index (χ0n) is 13.2. The smallest absolute Gasteiger partial charge is 0.191 e. The first-order valence-electron chi connectivity index (χ1n) is 7.62. The third-order valence-corrected chi connectivity index (χ3v) is 5.89. The van der Waals surface area contributed by atoms with E-state index >= 15 is 0 Å². The number of aromatic nitrogens is 1. The summed E-state index contributed by atoms with van der Waals surface area (Å²) in [6, 6.07) is 0.560. The van der Waals surface area contributed by atoms with Crippen molar-refractivity contribution >= 4 is 29.1 Å². The van der Waals surface area contributed by atoms with Crippen molar-refractivity contribution in [2.45, 2.75) is 50.3 Å². The van der Waals surface area contributed by atoms with Crippen molar-refractivity contribution in [1.82, 2.24) is 15.6 Å². The second-order valence-electron chi connectivity index (χ2n) is 5.48. The Balaban J connectivity index is 1.73. The molecule has 0 spiro atoms. The molecule has 2 N–H and O–H groups in total. The third kappa shape index (κ3) is 5.51. The van der Waals surface area contributed by atoms with Gasteiger partial charge < -0.3 is 10.6 Å². The summed E-state index contributed by atoms with van der Waals surface area (Å²) in [6.07, 6.45) is 10.3. The van der Waals surface area contributed by atoms with Gasteiger partial charge in [-0.2, -0.15) is 11.8 Å². The van der Waals surface area contributed by atoms with Crippen molar-refractivity contribution in [2.75, 3.05) is 19.8 Å². The van der Waals surface area contributed by atoms with Crippen molar-refractivity contribution < 1.29 is 0 Å². The number of hydrogen-bond donors (Lipinski definition) is 2. The van der Waals surface area contributed by atoms with E-state index in [-0.39, 0.29) is 0 Å². The zero-order valence-corrected chi connectivity index (χ0v) is 14.8. The largest absolute Gasteiger partial charge is 0.356 e. The molecule has 0 bridgehead atoms. The molecular weight excluding hydrogens is 300 g/mol. The number of nitrogens with zero attached hydrogens (tertiary/aromatic N) is 2. The normalized spacial score (nSPS) is 23.1. The van der Waals surface area contributed by atoms with Gasteiger partial charge in [0.05, 0.1) is 5.01 Å². The van der Waals surface area contributed by atoms with E-state index in [1.54, 1.807) is 11.3 Å². The van der Waals surface area contributed by atoms with Gasteiger partial charge in [-0.3, -0.25) is 4.99 Å². The second-order valence-corrected chi connectivity index (χ2v) is 7.94. The molecule has 1 fully saturated rings. The van der Waals surface area contributed by atoms with Crippen LogP contribution in [0.1, 0.15) is 35.6 Å². The Hall–Kier alpha value is -0.750. The molecule has 1 heterocycles. The SMILES string of the molecule is CN=C(NCCc1ncc(C)s1)NC1CCCC(SC)C1. The van der Waals surface area contributed by atoms with Gasteiger partial charge in [0.2, 0.25) is 0 Å². The van der Waals surface area contributed by atoms with Gasteiger partial charge in [-0.1, -0.05) is 6.42 Å². The van der Waals surface area contributed by atoms with Crippen molar-refractivity contribution in [3.8, 4) is 0 Å². The lowest BCUT2D eigenvalue weighted by Crippen LogP contribution is -2.46. The summed E-state index contributed by atoms with van der Waals surface area (Å²) in [5.74, 6) is 0.926. The maximum Gasteiger partial charge on any atom is 0.191 e. The molecule has 0 aromatic carbocycles. The fourth-order valence-corrected chi connectivity index (χ4v) is 4.30. The number of nitrogens with one attached hydrogen (secondary N) is 2. The first-order valence-corrected chi connectivity index (χ1v) is 9.73. The molecule has 4 nitrogen and oxygen atoms in total. The highest BCUT2D eigenvalue weighted by molar-refractivity contribution is 7.99. The van der Waals surface area contributed by atoms with Crippen LogP contribution in [-0.4, -0.2) is 42.1 Å². The minimum absolute atomic E-state index is 0.560. The van der Waals surface area contributed by atoms with E-state index < -0.39 is 0 Å². The van der Waals surface area contributed by atoms with Crippen LogP contribution < -0.4 is 10.6 Å². The molecule has 6 heteroatoms. The molecule has 1 aliphatic rings. The van der Waals surface area contributed by atoms with Crippen molar-refractivity contribution in [3.05, 3.63) is 16.1 Å². The second kappa shape index (κ2) is 8.63. The standard InChI is InChI=1S/C15H26N4S2/c1-11-10-18-14(21-11)7-8-17-15(16-2)19-12-5-4-6-13(9-12)20-3/h10,12-13H,4-9H2,1-3H3,(H2,16,17,19). The molecule has 118 valence electrons. The Labute approximate surface area is 136 Å². The molecule has 2 rings (SSSR count). The monoisotopic (exact) mass is 326 g/mol. The van der Waals surface area contributed by atoms with Crippen molar-refractivity contribution in [2.24, 2.45) is 4.99 Å². The molecule has 2 atom stereocenters. The van der Waals surface area contributed by atoms with Gasteiger partial charge in [-0.05, 0) is 32.4 Å². The van der Waals surface area contributed by atoms with E-state index in [0.29, 0.717) is 6.04 Å². The molecule has 1 aliphatic carbocycles. The molecule has 2 unspecified atom stereocenters. The van der Waals surface area contributed by atoms with Crippen molar-refractivity contribution in [3.63, 3.8) is 0 Å². The third-order valence-electron chi connectivity index (χ3n) is 3.82. The Kier molecular flexibility index (Phi) is 6.83. The summed E-state index contributed by atoms with van der Waals surface area (Å²) >= 11 is 3.77. The van der Waals surface area contributed by atoms with Crippen LogP contribution in [0.15, 0.2) is 11.2 Å². The van der Waals surface area contributed by atoms with Gasteiger partial charge in [-0.15, -0.1) is 11.3 Å². The number of guanidine groups is 1. The minimum atomic E-state index is 0.560. The summed E-state index contributed by atoms with van der Waals surface area (Å²) in [4.78, 5) is 10.0. The number of aliphatic imine (C=N–C) groups is 1. The average Bonchev–Trinajstić information content (AvgIpc) is 2.92. The van der Waals surface area contributed by atoms with E-state index in [1.807, 2.05) is 25.0 Å². The number of aryl methyl sites for hydroxylation is 1. The van der Waals surface area contributed by atoms with Gasteiger partial charge in [0.15, 0.2) is 5.96 Å². The van der Waals surface area contributed by atoms with Gasteiger partial charge >= 0.3 is 0 Å². The van der Waals surface area contributed by atoms with Gasteiger partial charge in [-0.25, -0.2) is 4.98 Å². The summed E-state index contributed by atoms with van der Waals surface area (Å²) in [7, 11) is 1.84. The molecule has 0 amide bonds. The van der Waals surface area contributed by atoms with Gasteiger partial charge in [0, 0.05) is 42.4 Å². The van der Waals surface area contributed by atoms with Gasteiger partial charge in [0.1, 0.15) is 0 Å². The highest BCUT2D eigenvalue weighted by Crippen LogP contribution is 2.26. The summed E-state index contributed by atoms with van der Waals surface area (Å²) in [5, 5.41) is 8.97. The molecule has 21 heavy (non-hydrogen) atoms. The molecule has 0 radical (unpaired) electrons. The molecule has 0 aliphatic heterocycles. The van der Waals surface area contributed by atoms with Crippen LogP contribution in [0.4, 0.5) is 0 Å². The van der Waals surface area contributed by atoms with E-state index in [1.165, 1.54) is 35.6 Å². The van der Waals surface area contributed by atoms with Crippen LogP contribution in [0.3, 0.4) is 0 Å². The number of rotatable bonds is 5. The van der Waals surface area contributed by atoms with Gasteiger partial charge in [0.25, 0.3) is 0 Å². The summed E-state index contributed by atoms with van der Waals surface area (Å²) < 4.78 is 0. The van der Waals surface area contributed by atoms with E-state index in [9.17, 15) is 0 Å².